The lowest BCUT2D eigenvalue weighted by Crippen LogP contribution is -2.56. The summed E-state index contributed by atoms with van der Waals surface area (Å²) in [6.07, 6.45) is 7.83. The van der Waals surface area contributed by atoms with Crippen molar-refractivity contribution in [1.29, 1.82) is 0 Å². The molecule has 3 saturated carbocycles. The van der Waals surface area contributed by atoms with Gasteiger partial charge in [-0.2, -0.15) is 0 Å². The number of nitrogens with one attached hydrogen (secondary N) is 2. The van der Waals surface area contributed by atoms with E-state index < -0.39 is 6.17 Å². The summed E-state index contributed by atoms with van der Waals surface area (Å²) >= 11 is 0. The molecule has 5 fully saturated rings. The van der Waals surface area contributed by atoms with Gasteiger partial charge in [-0.3, -0.25) is 14.5 Å². The van der Waals surface area contributed by atoms with E-state index in [9.17, 15) is 14.0 Å². The van der Waals surface area contributed by atoms with Crippen LogP contribution < -0.4 is 10.6 Å². The Morgan fingerprint density at radius 1 is 1.07 bits per heavy atom. The van der Waals surface area contributed by atoms with Crippen LogP contribution in [0.2, 0.25) is 0 Å². The predicted molar refractivity (Wildman–Crippen MR) is 113 cm³/mol. The maximum absolute atomic E-state index is 14.4. The zero-order valence-electron chi connectivity index (χ0n) is 18.2. The van der Waals surface area contributed by atoms with Crippen molar-refractivity contribution in [2.24, 2.45) is 11.8 Å². The number of carbonyl (C=O) groups excluding carboxylic acids is 2. The van der Waals surface area contributed by atoms with E-state index in [1.165, 1.54) is 12.8 Å². The molecule has 2 N–H and O–H groups in total. The van der Waals surface area contributed by atoms with E-state index >= 15 is 0 Å². The number of fused-ring (bicyclic) bond motifs is 1. The highest BCUT2D eigenvalue weighted by Gasteiger charge is 2.46. The van der Waals surface area contributed by atoms with Crippen LogP contribution in [0.3, 0.4) is 0 Å². The molecule has 0 aromatic rings. The Morgan fingerprint density at radius 3 is 2.63 bits per heavy atom. The van der Waals surface area contributed by atoms with Gasteiger partial charge >= 0.3 is 0 Å². The van der Waals surface area contributed by atoms with Gasteiger partial charge in [-0.25, -0.2) is 4.39 Å². The summed E-state index contributed by atoms with van der Waals surface area (Å²) in [6, 6.07) is 0.923. The van der Waals surface area contributed by atoms with Crippen LogP contribution in [-0.2, 0) is 9.59 Å². The van der Waals surface area contributed by atoms with Crippen LogP contribution in [0.15, 0.2) is 0 Å². The number of halogens is 1. The Kier molecular flexibility index (Phi) is 5.78. The fraction of sp³-hybridized carbons (Fsp3) is 0.913. The van der Waals surface area contributed by atoms with Gasteiger partial charge in [0.15, 0.2) is 0 Å². The molecular formula is C23H37FN4O2. The van der Waals surface area contributed by atoms with Crippen LogP contribution in [0, 0.1) is 11.8 Å². The maximum atomic E-state index is 14.4. The molecule has 5 aliphatic rings. The van der Waals surface area contributed by atoms with Gasteiger partial charge in [0, 0.05) is 43.2 Å². The van der Waals surface area contributed by atoms with Crippen molar-refractivity contribution in [3.8, 4) is 0 Å². The van der Waals surface area contributed by atoms with Gasteiger partial charge in [0.25, 0.3) is 0 Å². The van der Waals surface area contributed by atoms with Crippen molar-refractivity contribution < 1.29 is 14.0 Å². The second-order valence-corrected chi connectivity index (χ2v) is 10.5. The van der Waals surface area contributed by atoms with Crippen molar-refractivity contribution >= 4 is 11.8 Å². The number of carbonyl (C=O) groups is 2. The third kappa shape index (κ3) is 4.12. The highest BCUT2D eigenvalue weighted by molar-refractivity contribution is 5.82. The molecule has 2 amide bonds. The smallest absolute Gasteiger partial charge is 0.237 e. The van der Waals surface area contributed by atoms with Crippen LogP contribution in [0.25, 0.3) is 0 Å². The molecule has 168 valence electrons. The minimum atomic E-state index is -0.776. The summed E-state index contributed by atoms with van der Waals surface area (Å²) in [7, 11) is 0. The quantitative estimate of drug-likeness (QED) is 0.728. The minimum Gasteiger partial charge on any atom is -0.352 e. The molecule has 5 unspecified atom stereocenters. The minimum absolute atomic E-state index is 0.0163. The molecule has 0 radical (unpaired) electrons. The number of rotatable bonds is 4. The zero-order chi connectivity index (χ0) is 20.8. The standard InChI is InChI=1S/C23H37FN4O2/c1-14-5-8-19(24)18-12-20(26-22(14)18)23(30)25-15-3-2-4-17(11-15)27-9-10-28(16-6-7-16)21(29)13-27/h14-20,22,26H,2-13H2,1H3,(H,25,30)/t14?,15-,17-,18?,19?,20?,22?/m1/s1. The Hall–Kier alpha value is -1.21. The largest absolute Gasteiger partial charge is 0.352 e. The second kappa shape index (κ2) is 8.38. The first-order valence-electron chi connectivity index (χ1n) is 12.2. The summed E-state index contributed by atoms with van der Waals surface area (Å²) in [5, 5.41) is 6.72. The first-order valence-corrected chi connectivity index (χ1v) is 12.2. The number of hydrogen-bond donors (Lipinski definition) is 2. The van der Waals surface area contributed by atoms with Crippen molar-refractivity contribution in [3.05, 3.63) is 0 Å². The van der Waals surface area contributed by atoms with E-state index in [0.717, 1.165) is 45.2 Å². The highest BCUT2D eigenvalue weighted by Crippen LogP contribution is 2.38. The van der Waals surface area contributed by atoms with Crippen LogP contribution >= 0.6 is 0 Å². The Bertz CT molecular complexity index is 654. The number of hydrogen-bond acceptors (Lipinski definition) is 4. The molecule has 0 aromatic heterocycles. The molecule has 7 heteroatoms. The molecule has 0 spiro atoms. The molecule has 5 rings (SSSR count). The summed E-state index contributed by atoms with van der Waals surface area (Å²) in [6.45, 7) is 4.52. The zero-order valence-corrected chi connectivity index (χ0v) is 18.2. The molecule has 3 aliphatic carbocycles. The van der Waals surface area contributed by atoms with Gasteiger partial charge in [0.2, 0.25) is 11.8 Å². The predicted octanol–water partition coefficient (Wildman–Crippen LogP) is 1.84. The van der Waals surface area contributed by atoms with E-state index in [1.54, 1.807) is 0 Å². The number of amides is 2. The summed E-state index contributed by atoms with van der Waals surface area (Å²) < 4.78 is 14.4. The lowest BCUT2D eigenvalue weighted by Gasteiger charge is -2.42. The van der Waals surface area contributed by atoms with E-state index in [1.807, 2.05) is 0 Å². The first-order chi connectivity index (χ1) is 14.5. The maximum Gasteiger partial charge on any atom is 0.237 e. The summed E-state index contributed by atoms with van der Waals surface area (Å²) in [5.74, 6) is 0.745. The van der Waals surface area contributed by atoms with Gasteiger partial charge in [0.1, 0.15) is 6.17 Å². The third-order valence-corrected chi connectivity index (χ3v) is 8.44. The fourth-order valence-corrected chi connectivity index (χ4v) is 6.52. The van der Waals surface area contributed by atoms with E-state index in [2.05, 4.69) is 27.4 Å². The topological polar surface area (TPSA) is 64.7 Å². The number of nitrogens with zero attached hydrogens (tertiary/aromatic N) is 2. The second-order valence-electron chi connectivity index (χ2n) is 10.5. The normalized spacial score (nSPS) is 42.8. The average molecular weight is 421 g/mol. The molecule has 0 bridgehead atoms. The van der Waals surface area contributed by atoms with Crippen molar-refractivity contribution in [2.75, 3.05) is 19.6 Å². The SMILES string of the molecule is CC1CCC(F)C2CC(C(=O)N[C@@H]3CCC[C@@H](N4CCN(C5CC5)C(=O)C4)C3)NC12. The molecule has 7 atom stereocenters. The number of alkyl halides is 1. The van der Waals surface area contributed by atoms with E-state index in [4.69, 9.17) is 0 Å². The average Bonchev–Trinajstić information content (AvgIpc) is 3.47. The molecule has 6 nitrogen and oxygen atoms in total. The van der Waals surface area contributed by atoms with Crippen LogP contribution in [0.4, 0.5) is 4.39 Å². The van der Waals surface area contributed by atoms with Crippen LogP contribution in [0.5, 0.6) is 0 Å². The lowest BCUT2D eigenvalue weighted by molar-refractivity contribution is -0.138. The van der Waals surface area contributed by atoms with Crippen molar-refractivity contribution in [2.45, 2.75) is 101 Å². The Labute approximate surface area is 179 Å². The molecule has 2 saturated heterocycles. The molecular weight excluding hydrogens is 383 g/mol. The van der Waals surface area contributed by atoms with Gasteiger partial charge in [-0.15, -0.1) is 0 Å². The van der Waals surface area contributed by atoms with Gasteiger partial charge in [-0.1, -0.05) is 6.92 Å². The van der Waals surface area contributed by atoms with Crippen molar-refractivity contribution in [1.82, 2.24) is 20.4 Å². The van der Waals surface area contributed by atoms with E-state index in [-0.39, 0.29) is 35.9 Å². The fourth-order valence-electron chi connectivity index (χ4n) is 6.52. The lowest BCUT2D eigenvalue weighted by atomic mass is 9.77. The first kappa shape index (κ1) is 20.7. The Balaban J connectivity index is 1.13. The summed E-state index contributed by atoms with van der Waals surface area (Å²) in [4.78, 5) is 29.9. The monoisotopic (exact) mass is 420 g/mol. The van der Waals surface area contributed by atoms with Crippen LogP contribution in [-0.4, -0.2) is 77.6 Å². The van der Waals surface area contributed by atoms with E-state index in [0.29, 0.717) is 37.4 Å². The molecule has 2 aliphatic heterocycles. The molecule has 30 heavy (non-hydrogen) atoms. The third-order valence-electron chi connectivity index (χ3n) is 8.44. The molecule has 0 aromatic carbocycles. The summed E-state index contributed by atoms with van der Waals surface area (Å²) in [5.41, 5.74) is 0. The highest BCUT2D eigenvalue weighted by atomic mass is 19.1. The van der Waals surface area contributed by atoms with Gasteiger partial charge in [0.05, 0.1) is 12.6 Å². The van der Waals surface area contributed by atoms with Gasteiger partial charge < -0.3 is 15.5 Å². The van der Waals surface area contributed by atoms with Crippen molar-refractivity contribution in [3.63, 3.8) is 0 Å². The number of piperazine rings is 1. The van der Waals surface area contributed by atoms with Gasteiger partial charge in [-0.05, 0) is 63.7 Å². The molecule has 2 heterocycles. The Morgan fingerprint density at radius 2 is 1.90 bits per heavy atom. The van der Waals surface area contributed by atoms with Crippen LogP contribution in [0.1, 0.15) is 64.7 Å².